The van der Waals surface area contributed by atoms with Crippen LogP contribution in [0.15, 0.2) is 28.9 Å². The summed E-state index contributed by atoms with van der Waals surface area (Å²) in [5.74, 6) is -0.217. The zero-order valence-corrected chi connectivity index (χ0v) is 11.5. The van der Waals surface area contributed by atoms with Crippen molar-refractivity contribution >= 4 is 15.9 Å². The van der Waals surface area contributed by atoms with Crippen LogP contribution in [0.2, 0.25) is 0 Å². The monoisotopic (exact) mass is 314 g/mol. The first-order valence-corrected chi connectivity index (χ1v) is 6.03. The lowest BCUT2D eigenvalue weighted by Gasteiger charge is -2.16. The highest BCUT2D eigenvalue weighted by atomic mass is 79.9. The molecule has 0 aliphatic carbocycles. The smallest absolute Gasteiger partial charge is 0.133 e. The van der Waals surface area contributed by atoms with Crippen LogP contribution in [0.5, 0.6) is 5.75 Å². The van der Waals surface area contributed by atoms with Crippen LogP contribution < -0.4 is 4.74 Å². The Balaban J connectivity index is 2.56. The molecule has 0 spiro atoms. The van der Waals surface area contributed by atoms with Gasteiger partial charge in [0.05, 0.1) is 29.0 Å². The first-order valence-electron chi connectivity index (χ1n) is 5.24. The Hall–Kier alpha value is -1.40. The SMILES string of the molecule is COc1cccc(F)c1C(O)c1c(Br)cnn1C. The maximum atomic E-state index is 13.9. The van der Waals surface area contributed by atoms with Crippen LogP contribution in [0.4, 0.5) is 4.39 Å². The van der Waals surface area contributed by atoms with E-state index in [1.165, 1.54) is 23.9 Å². The van der Waals surface area contributed by atoms with Crippen LogP contribution in [-0.4, -0.2) is 22.0 Å². The number of benzene rings is 1. The van der Waals surface area contributed by atoms with E-state index >= 15 is 0 Å². The molecular formula is C12H12BrFN2O2. The molecule has 0 bridgehead atoms. The molecule has 1 aromatic heterocycles. The van der Waals surface area contributed by atoms with Crippen molar-refractivity contribution in [1.29, 1.82) is 0 Å². The van der Waals surface area contributed by atoms with E-state index < -0.39 is 11.9 Å². The molecule has 4 nitrogen and oxygen atoms in total. The van der Waals surface area contributed by atoms with Crippen LogP contribution in [0.3, 0.4) is 0 Å². The van der Waals surface area contributed by atoms with E-state index in [0.29, 0.717) is 15.9 Å². The lowest BCUT2D eigenvalue weighted by Crippen LogP contribution is -2.10. The standard InChI is InChI=1S/C12H12BrFN2O2/c1-16-11(7(13)6-15-16)12(17)10-8(14)4-3-5-9(10)18-2/h3-6,12,17H,1-2H3. The molecule has 0 saturated heterocycles. The molecule has 1 atom stereocenters. The summed E-state index contributed by atoms with van der Waals surface area (Å²) in [6.07, 6.45) is 0.398. The summed E-state index contributed by atoms with van der Waals surface area (Å²) in [5.41, 5.74) is 0.572. The number of aliphatic hydroxyl groups excluding tert-OH is 1. The number of hydrogen-bond acceptors (Lipinski definition) is 3. The van der Waals surface area contributed by atoms with Crippen molar-refractivity contribution in [3.63, 3.8) is 0 Å². The van der Waals surface area contributed by atoms with Gasteiger partial charge in [0.25, 0.3) is 0 Å². The fourth-order valence-corrected chi connectivity index (χ4v) is 2.39. The van der Waals surface area contributed by atoms with E-state index in [9.17, 15) is 9.50 Å². The molecule has 1 heterocycles. The summed E-state index contributed by atoms with van der Waals surface area (Å²) in [4.78, 5) is 0. The van der Waals surface area contributed by atoms with E-state index in [-0.39, 0.29) is 5.56 Å². The molecule has 1 aromatic carbocycles. The van der Waals surface area contributed by atoms with Crippen LogP contribution in [-0.2, 0) is 7.05 Å². The minimum Gasteiger partial charge on any atom is -0.496 e. The van der Waals surface area contributed by atoms with Crippen molar-refractivity contribution in [2.24, 2.45) is 7.05 Å². The lowest BCUT2D eigenvalue weighted by molar-refractivity contribution is 0.198. The highest BCUT2D eigenvalue weighted by Gasteiger charge is 2.24. The summed E-state index contributed by atoms with van der Waals surface area (Å²) in [5, 5.41) is 14.3. The number of aryl methyl sites for hydroxylation is 1. The normalized spacial score (nSPS) is 12.5. The molecule has 0 aliphatic rings. The predicted molar refractivity (Wildman–Crippen MR) is 67.9 cm³/mol. The van der Waals surface area contributed by atoms with Crippen LogP contribution >= 0.6 is 15.9 Å². The van der Waals surface area contributed by atoms with Gasteiger partial charge in [-0.15, -0.1) is 0 Å². The van der Waals surface area contributed by atoms with Gasteiger partial charge >= 0.3 is 0 Å². The third-order valence-electron chi connectivity index (χ3n) is 2.70. The van der Waals surface area contributed by atoms with Gasteiger partial charge in [0.15, 0.2) is 0 Å². The first kappa shape index (κ1) is 13.0. The van der Waals surface area contributed by atoms with Gasteiger partial charge in [0.2, 0.25) is 0 Å². The fraction of sp³-hybridized carbons (Fsp3) is 0.250. The highest BCUT2D eigenvalue weighted by molar-refractivity contribution is 9.10. The molecule has 2 aromatic rings. The van der Waals surface area contributed by atoms with E-state index in [0.717, 1.165) is 0 Å². The zero-order chi connectivity index (χ0) is 13.3. The molecule has 0 saturated carbocycles. The Morgan fingerprint density at radius 1 is 1.50 bits per heavy atom. The Labute approximate surface area is 112 Å². The van der Waals surface area contributed by atoms with Gasteiger partial charge in [-0.25, -0.2) is 4.39 Å². The van der Waals surface area contributed by atoms with Crippen LogP contribution in [0, 0.1) is 5.82 Å². The van der Waals surface area contributed by atoms with Crippen LogP contribution in [0.25, 0.3) is 0 Å². The second-order valence-electron chi connectivity index (χ2n) is 3.76. The van der Waals surface area contributed by atoms with Gasteiger partial charge < -0.3 is 9.84 Å². The molecule has 1 unspecified atom stereocenters. The van der Waals surface area contributed by atoms with Gasteiger partial charge in [-0.05, 0) is 28.1 Å². The Bertz CT molecular complexity index is 552. The molecule has 0 radical (unpaired) electrons. The third kappa shape index (κ3) is 2.13. The van der Waals surface area contributed by atoms with Gasteiger partial charge in [-0.1, -0.05) is 6.07 Å². The van der Waals surface area contributed by atoms with E-state index in [4.69, 9.17) is 4.74 Å². The Kier molecular flexibility index (Phi) is 3.68. The average molecular weight is 315 g/mol. The van der Waals surface area contributed by atoms with E-state index in [2.05, 4.69) is 21.0 Å². The maximum Gasteiger partial charge on any atom is 0.133 e. The largest absolute Gasteiger partial charge is 0.496 e. The minimum atomic E-state index is -1.15. The predicted octanol–water partition coefficient (Wildman–Crippen LogP) is 2.41. The second kappa shape index (κ2) is 5.07. The molecule has 18 heavy (non-hydrogen) atoms. The maximum absolute atomic E-state index is 13.9. The van der Waals surface area contributed by atoms with Gasteiger partial charge in [-0.3, -0.25) is 4.68 Å². The second-order valence-corrected chi connectivity index (χ2v) is 4.61. The van der Waals surface area contributed by atoms with Crippen molar-refractivity contribution in [2.45, 2.75) is 6.10 Å². The van der Waals surface area contributed by atoms with Crippen LogP contribution in [0.1, 0.15) is 17.4 Å². The third-order valence-corrected chi connectivity index (χ3v) is 3.31. The number of aromatic nitrogens is 2. The number of rotatable bonds is 3. The Morgan fingerprint density at radius 2 is 2.22 bits per heavy atom. The van der Waals surface area contributed by atoms with Crippen molar-refractivity contribution in [1.82, 2.24) is 9.78 Å². The summed E-state index contributed by atoms with van der Waals surface area (Å²) in [6, 6.07) is 4.42. The minimum absolute atomic E-state index is 0.101. The number of nitrogens with zero attached hydrogens (tertiary/aromatic N) is 2. The van der Waals surface area contributed by atoms with Crippen molar-refractivity contribution in [2.75, 3.05) is 7.11 Å². The quantitative estimate of drug-likeness (QED) is 0.946. The van der Waals surface area contributed by atoms with Crippen molar-refractivity contribution in [3.8, 4) is 5.75 Å². The first-order chi connectivity index (χ1) is 8.56. The van der Waals surface area contributed by atoms with Crippen molar-refractivity contribution < 1.29 is 14.2 Å². The summed E-state index contributed by atoms with van der Waals surface area (Å²) in [6.45, 7) is 0. The van der Waals surface area contributed by atoms with E-state index in [1.807, 2.05) is 0 Å². The lowest BCUT2D eigenvalue weighted by atomic mass is 10.0. The molecule has 96 valence electrons. The number of halogens is 2. The molecule has 6 heteroatoms. The molecule has 2 rings (SSSR count). The molecular weight excluding hydrogens is 303 g/mol. The molecule has 0 amide bonds. The molecule has 0 aliphatic heterocycles. The summed E-state index contributed by atoms with van der Waals surface area (Å²) >= 11 is 3.28. The number of methoxy groups -OCH3 is 1. The van der Waals surface area contributed by atoms with Crippen molar-refractivity contribution in [3.05, 3.63) is 45.9 Å². The van der Waals surface area contributed by atoms with Gasteiger partial charge in [0.1, 0.15) is 17.7 Å². The van der Waals surface area contributed by atoms with E-state index in [1.54, 1.807) is 19.3 Å². The molecule has 1 N–H and O–H groups in total. The topological polar surface area (TPSA) is 47.3 Å². The number of aliphatic hydroxyl groups is 1. The average Bonchev–Trinajstić information content (AvgIpc) is 2.68. The zero-order valence-electron chi connectivity index (χ0n) is 9.89. The fourth-order valence-electron chi connectivity index (χ4n) is 1.83. The van der Waals surface area contributed by atoms with Gasteiger partial charge in [0, 0.05) is 7.05 Å². The number of hydrogen-bond donors (Lipinski definition) is 1. The Morgan fingerprint density at radius 3 is 2.78 bits per heavy atom. The molecule has 0 fully saturated rings. The summed E-state index contributed by atoms with van der Waals surface area (Å²) < 4.78 is 21.0. The number of ether oxygens (including phenoxy) is 1. The van der Waals surface area contributed by atoms with Gasteiger partial charge in [-0.2, -0.15) is 5.10 Å². The highest BCUT2D eigenvalue weighted by Crippen LogP contribution is 2.34. The summed E-state index contributed by atoms with van der Waals surface area (Å²) in [7, 11) is 3.11.